The Kier molecular flexibility index (Phi) is 7.51. The Balaban J connectivity index is 2.05. The van der Waals surface area contributed by atoms with Crippen LogP contribution in [-0.2, 0) is 11.3 Å². The van der Waals surface area contributed by atoms with E-state index < -0.39 is 0 Å². The molecule has 1 aromatic rings. The molecule has 0 saturated carbocycles. The summed E-state index contributed by atoms with van der Waals surface area (Å²) in [4.78, 5) is 1.17. The van der Waals surface area contributed by atoms with Gasteiger partial charge in [-0.1, -0.05) is 11.6 Å². The number of thiophene rings is 1. The molecule has 0 bridgehead atoms. The van der Waals surface area contributed by atoms with Gasteiger partial charge in [0.25, 0.3) is 0 Å². The highest BCUT2D eigenvalue weighted by Gasteiger charge is 1.99. The van der Waals surface area contributed by atoms with E-state index in [1.54, 1.807) is 11.3 Å². The van der Waals surface area contributed by atoms with Crippen molar-refractivity contribution in [2.45, 2.75) is 19.9 Å². The predicted octanol–water partition coefficient (Wildman–Crippen LogP) is 2.79. The van der Waals surface area contributed by atoms with Crippen LogP contribution in [0.25, 0.3) is 0 Å². The second-order valence-electron chi connectivity index (χ2n) is 3.37. The summed E-state index contributed by atoms with van der Waals surface area (Å²) in [6, 6.07) is 3.89. The second kappa shape index (κ2) is 8.69. The van der Waals surface area contributed by atoms with Gasteiger partial charge < -0.3 is 15.4 Å². The summed E-state index contributed by atoms with van der Waals surface area (Å²) in [6.45, 7) is 5.08. The molecule has 17 heavy (non-hydrogen) atoms. The minimum absolute atomic E-state index is 0.672. The lowest BCUT2D eigenvalue weighted by Crippen LogP contribution is -2.35. The molecule has 3 nitrogen and oxygen atoms in total. The van der Waals surface area contributed by atoms with Crippen molar-refractivity contribution in [1.29, 1.82) is 0 Å². The van der Waals surface area contributed by atoms with Gasteiger partial charge in [0.05, 0.1) is 10.9 Å². The molecule has 1 rings (SSSR count). The number of halogens is 1. The summed E-state index contributed by atoms with van der Waals surface area (Å²) in [5.41, 5.74) is 0. The van der Waals surface area contributed by atoms with E-state index in [9.17, 15) is 0 Å². The summed E-state index contributed by atoms with van der Waals surface area (Å²) in [5.74, 6) is 0. The van der Waals surface area contributed by atoms with Gasteiger partial charge in [-0.15, -0.1) is 11.3 Å². The molecular formula is C11H17ClN2OS2. The van der Waals surface area contributed by atoms with E-state index >= 15 is 0 Å². The van der Waals surface area contributed by atoms with Gasteiger partial charge in [0.15, 0.2) is 5.11 Å². The zero-order valence-electron chi connectivity index (χ0n) is 9.79. The Bertz CT molecular complexity index is 344. The topological polar surface area (TPSA) is 33.3 Å². The highest BCUT2D eigenvalue weighted by Crippen LogP contribution is 2.20. The summed E-state index contributed by atoms with van der Waals surface area (Å²) in [7, 11) is 0. The Hall–Kier alpha value is -0.360. The van der Waals surface area contributed by atoms with Gasteiger partial charge in [-0.25, -0.2) is 0 Å². The number of thiocarbonyl (C=S) groups is 1. The first-order chi connectivity index (χ1) is 8.22. The van der Waals surface area contributed by atoms with Crippen LogP contribution in [0.5, 0.6) is 0 Å². The third kappa shape index (κ3) is 6.83. The summed E-state index contributed by atoms with van der Waals surface area (Å²) >= 11 is 12.5. The van der Waals surface area contributed by atoms with Crippen molar-refractivity contribution in [1.82, 2.24) is 10.6 Å². The fourth-order valence-corrected chi connectivity index (χ4v) is 2.40. The Morgan fingerprint density at radius 3 is 2.94 bits per heavy atom. The molecule has 1 heterocycles. The van der Waals surface area contributed by atoms with Gasteiger partial charge in [-0.2, -0.15) is 0 Å². The standard InChI is InChI=1S/C11H17ClN2OS2/c1-2-15-7-3-6-13-11(16)14-8-9-4-5-10(12)17-9/h4-5H,2-3,6-8H2,1H3,(H2,13,14,16). The third-order valence-electron chi connectivity index (χ3n) is 2.01. The van der Waals surface area contributed by atoms with Crippen LogP contribution in [0.1, 0.15) is 18.2 Å². The van der Waals surface area contributed by atoms with E-state index in [-0.39, 0.29) is 0 Å². The largest absolute Gasteiger partial charge is 0.382 e. The maximum Gasteiger partial charge on any atom is 0.166 e. The van der Waals surface area contributed by atoms with Crippen molar-refractivity contribution in [3.8, 4) is 0 Å². The van der Waals surface area contributed by atoms with Crippen LogP contribution in [-0.4, -0.2) is 24.9 Å². The molecule has 0 aliphatic heterocycles. The molecular weight excluding hydrogens is 276 g/mol. The van der Waals surface area contributed by atoms with Crippen molar-refractivity contribution >= 4 is 40.3 Å². The van der Waals surface area contributed by atoms with E-state index in [2.05, 4.69) is 10.6 Å². The molecule has 0 atom stereocenters. The van der Waals surface area contributed by atoms with Crippen LogP contribution in [0.4, 0.5) is 0 Å². The van der Waals surface area contributed by atoms with Crippen molar-refractivity contribution in [2.75, 3.05) is 19.8 Å². The van der Waals surface area contributed by atoms with Crippen molar-refractivity contribution in [2.24, 2.45) is 0 Å². The van der Waals surface area contributed by atoms with Crippen molar-refractivity contribution < 1.29 is 4.74 Å². The van der Waals surface area contributed by atoms with E-state index in [4.69, 9.17) is 28.6 Å². The molecule has 0 aliphatic rings. The molecule has 0 unspecified atom stereocenters. The van der Waals surface area contributed by atoms with Crippen LogP contribution in [0.15, 0.2) is 12.1 Å². The maximum atomic E-state index is 5.84. The van der Waals surface area contributed by atoms with Crippen molar-refractivity contribution in [3.63, 3.8) is 0 Å². The quantitative estimate of drug-likeness (QED) is 0.598. The second-order valence-corrected chi connectivity index (χ2v) is 5.57. The van der Waals surface area contributed by atoms with Crippen molar-refractivity contribution in [3.05, 3.63) is 21.3 Å². The van der Waals surface area contributed by atoms with Gasteiger partial charge in [0.2, 0.25) is 0 Å². The maximum absolute atomic E-state index is 5.84. The molecule has 0 aromatic carbocycles. The zero-order chi connectivity index (χ0) is 12.5. The Labute approximate surface area is 117 Å². The lowest BCUT2D eigenvalue weighted by Gasteiger charge is -2.09. The van der Waals surface area contributed by atoms with E-state index in [0.717, 1.165) is 30.5 Å². The van der Waals surface area contributed by atoms with Crippen LogP contribution >= 0.6 is 35.2 Å². The summed E-state index contributed by atoms with van der Waals surface area (Å²) in [5, 5.41) is 6.94. The molecule has 1 aromatic heterocycles. The SMILES string of the molecule is CCOCCCNC(=S)NCc1ccc(Cl)s1. The Morgan fingerprint density at radius 1 is 1.47 bits per heavy atom. The zero-order valence-corrected chi connectivity index (χ0v) is 12.2. The Morgan fingerprint density at radius 2 is 2.29 bits per heavy atom. The lowest BCUT2D eigenvalue weighted by atomic mass is 10.4. The number of hydrogen-bond donors (Lipinski definition) is 2. The smallest absolute Gasteiger partial charge is 0.166 e. The van der Waals surface area contributed by atoms with Crippen LogP contribution in [0.3, 0.4) is 0 Å². The molecule has 96 valence electrons. The summed E-state index contributed by atoms with van der Waals surface area (Å²) in [6.07, 6.45) is 0.959. The first-order valence-electron chi connectivity index (χ1n) is 5.56. The minimum atomic E-state index is 0.672. The average molecular weight is 293 g/mol. The van der Waals surface area contributed by atoms with Gasteiger partial charge in [-0.3, -0.25) is 0 Å². The third-order valence-corrected chi connectivity index (χ3v) is 3.53. The first kappa shape index (κ1) is 14.7. The highest BCUT2D eigenvalue weighted by molar-refractivity contribution is 7.80. The lowest BCUT2D eigenvalue weighted by molar-refractivity contribution is 0.145. The highest BCUT2D eigenvalue weighted by atomic mass is 35.5. The summed E-state index contributed by atoms with van der Waals surface area (Å²) < 4.78 is 6.03. The molecule has 0 spiro atoms. The number of rotatable bonds is 7. The fourth-order valence-electron chi connectivity index (χ4n) is 1.20. The number of hydrogen-bond acceptors (Lipinski definition) is 3. The average Bonchev–Trinajstić information content (AvgIpc) is 2.72. The number of nitrogens with one attached hydrogen (secondary N) is 2. The van der Waals surface area contributed by atoms with Gasteiger partial charge in [-0.05, 0) is 37.7 Å². The van der Waals surface area contributed by atoms with E-state index in [1.807, 2.05) is 19.1 Å². The van der Waals surface area contributed by atoms with E-state index in [1.165, 1.54) is 4.88 Å². The molecule has 0 radical (unpaired) electrons. The molecule has 0 fully saturated rings. The molecule has 0 aliphatic carbocycles. The predicted molar refractivity (Wildman–Crippen MR) is 77.9 cm³/mol. The van der Waals surface area contributed by atoms with Gasteiger partial charge in [0.1, 0.15) is 0 Å². The van der Waals surface area contributed by atoms with Crippen LogP contribution in [0, 0.1) is 0 Å². The minimum Gasteiger partial charge on any atom is -0.382 e. The molecule has 6 heteroatoms. The van der Waals surface area contributed by atoms with Crippen LogP contribution < -0.4 is 10.6 Å². The molecule has 2 N–H and O–H groups in total. The normalized spacial score (nSPS) is 10.2. The van der Waals surface area contributed by atoms with Gasteiger partial charge in [0, 0.05) is 24.6 Å². The molecule has 0 amide bonds. The van der Waals surface area contributed by atoms with E-state index in [0.29, 0.717) is 11.7 Å². The fraction of sp³-hybridized carbons (Fsp3) is 0.545. The monoisotopic (exact) mass is 292 g/mol. The number of ether oxygens (including phenoxy) is 1. The first-order valence-corrected chi connectivity index (χ1v) is 7.16. The van der Waals surface area contributed by atoms with Gasteiger partial charge >= 0.3 is 0 Å². The van der Waals surface area contributed by atoms with Crippen LogP contribution in [0.2, 0.25) is 4.34 Å². The molecule has 0 saturated heterocycles.